The average molecular weight is 608 g/mol. The minimum Gasteiger partial charge on any atom is -0.109 e. The zero-order chi connectivity index (χ0) is 30.1. The van der Waals surface area contributed by atoms with Crippen LogP contribution in [-0.4, -0.2) is 0 Å². The lowest BCUT2D eigenvalue weighted by molar-refractivity contribution is 0.537. The van der Waals surface area contributed by atoms with Gasteiger partial charge in [0, 0.05) is 0 Å². The molecule has 8 rings (SSSR count). The van der Waals surface area contributed by atoms with Crippen LogP contribution in [0.4, 0.5) is 0 Å². The maximum atomic E-state index is 7.69. The summed E-state index contributed by atoms with van der Waals surface area (Å²) in [6, 6.07) is 43.5. The van der Waals surface area contributed by atoms with E-state index in [9.17, 15) is 0 Å². The van der Waals surface area contributed by atoms with Crippen LogP contribution in [0, 0.1) is 0 Å². The summed E-state index contributed by atoms with van der Waals surface area (Å²) >= 11 is 15.4. The summed E-state index contributed by atoms with van der Waals surface area (Å²) in [5.74, 6) is 0. The van der Waals surface area contributed by atoms with Crippen molar-refractivity contribution in [1.29, 1.82) is 0 Å². The van der Waals surface area contributed by atoms with Gasteiger partial charge in [-0.2, -0.15) is 0 Å². The normalized spacial score (nSPS) is 20.5. The van der Waals surface area contributed by atoms with E-state index in [-0.39, 0.29) is 0 Å². The predicted molar refractivity (Wildman–Crippen MR) is 190 cm³/mol. The molecular weight excluding hydrogens is 575 g/mol. The maximum Gasteiger partial charge on any atom is 0.0911 e. The summed E-state index contributed by atoms with van der Waals surface area (Å²) in [7, 11) is 0. The first-order valence-electron chi connectivity index (χ1n) is 15.4. The van der Waals surface area contributed by atoms with E-state index in [1.165, 1.54) is 77.2 Å². The van der Waals surface area contributed by atoms with E-state index in [1.807, 2.05) is 0 Å². The van der Waals surface area contributed by atoms with E-state index >= 15 is 0 Å². The molecule has 2 heteroatoms. The smallest absolute Gasteiger partial charge is 0.0911 e. The highest BCUT2D eigenvalue weighted by atomic mass is 35.5. The molecule has 0 N–H and O–H groups in total. The molecule has 0 bridgehead atoms. The lowest BCUT2D eigenvalue weighted by Crippen LogP contribution is -2.25. The van der Waals surface area contributed by atoms with Crippen LogP contribution in [0.25, 0.3) is 56.0 Å². The molecule has 0 heterocycles. The van der Waals surface area contributed by atoms with Gasteiger partial charge in [-0.1, -0.05) is 133 Å². The molecule has 6 aromatic rings. The quantitative estimate of drug-likeness (QED) is 0.171. The monoisotopic (exact) mass is 606 g/mol. The Kier molecular flexibility index (Phi) is 6.38. The molecule has 2 aliphatic rings. The maximum absolute atomic E-state index is 7.69. The van der Waals surface area contributed by atoms with E-state index in [4.69, 9.17) is 23.2 Å². The predicted octanol–water partition coefficient (Wildman–Crippen LogP) is 12.5. The SMILES string of the molecule is CC1=Cc2c(-c3cccc4ccccc34)cccc2C1(Cl)CCC1(Cl)C(C)=Cc2c(-c3cccc4ccccc34)cccc21. The fraction of sp³-hybridized carbons (Fsp3) is 0.143. The first kappa shape index (κ1) is 27.4. The molecule has 2 atom stereocenters. The molecule has 2 unspecified atom stereocenters. The summed E-state index contributed by atoms with van der Waals surface area (Å²) in [6.45, 7) is 4.34. The molecular formula is C42H32Cl2. The van der Waals surface area contributed by atoms with Crippen molar-refractivity contribution in [2.75, 3.05) is 0 Å². The van der Waals surface area contributed by atoms with Crippen LogP contribution in [0.3, 0.4) is 0 Å². The van der Waals surface area contributed by atoms with Gasteiger partial charge in [0.15, 0.2) is 0 Å². The molecule has 0 fully saturated rings. The Labute approximate surface area is 269 Å². The molecule has 0 amide bonds. The van der Waals surface area contributed by atoms with Crippen molar-refractivity contribution in [3.63, 3.8) is 0 Å². The second kappa shape index (κ2) is 10.2. The zero-order valence-electron chi connectivity index (χ0n) is 24.9. The number of alkyl halides is 2. The van der Waals surface area contributed by atoms with Crippen molar-refractivity contribution in [3.05, 3.63) is 155 Å². The minimum atomic E-state index is -0.617. The van der Waals surface area contributed by atoms with Crippen molar-refractivity contribution >= 4 is 56.9 Å². The van der Waals surface area contributed by atoms with Gasteiger partial charge in [-0.3, -0.25) is 0 Å². The third kappa shape index (κ3) is 4.05. The van der Waals surface area contributed by atoms with Crippen LogP contribution in [0.1, 0.15) is 48.9 Å². The lowest BCUT2D eigenvalue weighted by atomic mass is 9.82. The van der Waals surface area contributed by atoms with Crippen molar-refractivity contribution in [2.24, 2.45) is 0 Å². The molecule has 0 spiro atoms. The topological polar surface area (TPSA) is 0 Å². The van der Waals surface area contributed by atoms with Crippen LogP contribution in [0.5, 0.6) is 0 Å². The van der Waals surface area contributed by atoms with E-state index < -0.39 is 9.75 Å². The van der Waals surface area contributed by atoms with Crippen LogP contribution in [0.2, 0.25) is 0 Å². The van der Waals surface area contributed by atoms with Gasteiger partial charge in [-0.15, -0.1) is 23.2 Å². The first-order chi connectivity index (χ1) is 21.4. The Morgan fingerprint density at radius 1 is 0.432 bits per heavy atom. The summed E-state index contributed by atoms with van der Waals surface area (Å²) in [4.78, 5) is -1.23. The van der Waals surface area contributed by atoms with Crippen molar-refractivity contribution in [2.45, 2.75) is 36.4 Å². The number of rotatable bonds is 5. The van der Waals surface area contributed by atoms with Crippen molar-refractivity contribution in [3.8, 4) is 22.3 Å². The summed E-state index contributed by atoms with van der Waals surface area (Å²) in [5.41, 5.74) is 12.1. The van der Waals surface area contributed by atoms with Crippen molar-refractivity contribution in [1.82, 2.24) is 0 Å². The second-order valence-corrected chi connectivity index (χ2v) is 13.6. The van der Waals surface area contributed by atoms with Gasteiger partial charge in [0.2, 0.25) is 0 Å². The fourth-order valence-electron chi connectivity index (χ4n) is 7.62. The largest absolute Gasteiger partial charge is 0.109 e. The molecule has 44 heavy (non-hydrogen) atoms. The van der Waals surface area contributed by atoms with Crippen LogP contribution < -0.4 is 0 Å². The second-order valence-electron chi connectivity index (χ2n) is 12.3. The Morgan fingerprint density at radius 3 is 1.25 bits per heavy atom. The molecule has 0 aromatic heterocycles. The van der Waals surface area contributed by atoms with Crippen molar-refractivity contribution < 1.29 is 0 Å². The number of benzene rings is 6. The van der Waals surface area contributed by atoms with Gasteiger partial charge < -0.3 is 0 Å². The van der Waals surface area contributed by atoms with Crippen LogP contribution in [-0.2, 0) is 9.75 Å². The van der Waals surface area contributed by atoms with E-state index in [2.05, 4.69) is 147 Å². The van der Waals surface area contributed by atoms with Gasteiger partial charge in [-0.05, 0) is 104 Å². The van der Waals surface area contributed by atoms with Gasteiger partial charge in [-0.25, -0.2) is 0 Å². The number of hydrogen-bond acceptors (Lipinski definition) is 0. The van der Waals surface area contributed by atoms with Crippen LogP contribution in [0.15, 0.2) is 132 Å². The molecule has 0 aliphatic heterocycles. The molecule has 0 nitrogen and oxygen atoms in total. The van der Waals surface area contributed by atoms with E-state index in [1.54, 1.807) is 0 Å². The Morgan fingerprint density at radius 2 is 0.795 bits per heavy atom. The van der Waals surface area contributed by atoms with Gasteiger partial charge in [0.05, 0.1) is 9.75 Å². The molecule has 0 saturated heterocycles. The average Bonchev–Trinajstić information content (AvgIpc) is 3.47. The van der Waals surface area contributed by atoms with E-state index in [0.29, 0.717) is 0 Å². The highest BCUT2D eigenvalue weighted by molar-refractivity contribution is 6.29. The van der Waals surface area contributed by atoms with Gasteiger partial charge >= 0.3 is 0 Å². The highest BCUT2D eigenvalue weighted by Crippen LogP contribution is 2.56. The number of halogens is 2. The molecule has 0 saturated carbocycles. The lowest BCUT2D eigenvalue weighted by Gasteiger charge is -2.32. The molecule has 214 valence electrons. The third-order valence-electron chi connectivity index (χ3n) is 10.0. The van der Waals surface area contributed by atoms with Gasteiger partial charge in [0.1, 0.15) is 0 Å². The van der Waals surface area contributed by atoms with Gasteiger partial charge in [0.25, 0.3) is 0 Å². The number of allylic oxidation sites excluding steroid dienone is 2. The molecule has 6 aromatic carbocycles. The highest BCUT2D eigenvalue weighted by Gasteiger charge is 2.44. The molecule has 2 aliphatic carbocycles. The standard InChI is InChI=1S/C42H32Cl2/c1-27-25-37-35(33-17-7-13-29-11-3-5-15-31(29)33)19-9-21-39(37)41(27,43)23-24-42(44)28(2)26-38-36(20-10-22-40(38)42)34-18-8-14-30-12-4-6-16-32(30)34/h3-22,25-26H,23-24H2,1-2H3. The first-order valence-corrected chi connectivity index (χ1v) is 16.1. The third-order valence-corrected chi connectivity index (χ3v) is 11.4. The Balaban J connectivity index is 1.17. The summed E-state index contributed by atoms with van der Waals surface area (Å²) < 4.78 is 0. The number of hydrogen-bond donors (Lipinski definition) is 0. The summed E-state index contributed by atoms with van der Waals surface area (Å²) in [5, 5.41) is 5.00. The zero-order valence-corrected chi connectivity index (χ0v) is 26.4. The molecule has 0 radical (unpaired) electrons. The minimum absolute atomic E-state index is 0.617. The van der Waals surface area contributed by atoms with E-state index in [0.717, 1.165) is 12.8 Å². The fourth-order valence-corrected chi connectivity index (χ4v) is 8.25. The Bertz CT molecular complexity index is 2020. The summed E-state index contributed by atoms with van der Waals surface area (Å²) in [6.07, 6.45) is 6.06. The Hall–Kier alpha value is -4.10. The van der Waals surface area contributed by atoms with Crippen LogP contribution >= 0.6 is 23.2 Å². The number of fused-ring (bicyclic) bond motifs is 4.